The topological polar surface area (TPSA) is 111 Å². The molecule has 1 aliphatic carbocycles. The van der Waals surface area contributed by atoms with Crippen LogP contribution in [0.4, 0.5) is 0 Å². The van der Waals surface area contributed by atoms with Crippen molar-refractivity contribution >= 4 is 53.5 Å². The highest BCUT2D eigenvalue weighted by molar-refractivity contribution is 8.68. The maximum atomic E-state index is 12.0. The molecule has 3 fully saturated rings. The number of hydrogen-bond donors (Lipinski definition) is 2. The summed E-state index contributed by atoms with van der Waals surface area (Å²) in [6.07, 6.45) is 3.51. The summed E-state index contributed by atoms with van der Waals surface area (Å²) >= 11 is 7.57. The number of aromatic amines is 1. The number of fused-ring (bicyclic) bond motifs is 2. The Hall–Kier alpha value is -0.720. The molecule has 13 heteroatoms. The molecule has 0 aromatic carbocycles. The number of aliphatic hydroxyl groups excluding tert-OH is 1. The van der Waals surface area contributed by atoms with E-state index < -0.39 is 24.1 Å². The molecule has 8 atom stereocenters. The van der Waals surface area contributed by atoms with Crippen LogP contribution in [0.25, 0.3) is 11.2 Å². The maximum Gasteiger partial charge on any atom is 0.278 e. The van der Waals surface area contributed by atoms with Gasteiger partial charge in [0.25, 0.3) is 5.56 Å². The summed E-state index contributed by atoms with van der Waals surface area (Å²) in [5, 5.41) is 11.2. The number of hydrogen-bond acceptors (Lipinski definition) is 9. The van der Waals surface area contributed by atoms with Gasteiger partial charge in [-0.2, -0.15) is 13.5 Å². The van der Waals surface area contributed by atoms with Crippen LogP contribution in [0.5, 0.6) is 0 Å². The largest absolute Gasteiger partial charge is 0.386 e. The van der Waals surface area contributed by atoms with Crippen molar-refractivity contribution in [2.75, 3.05) is 0 Å². The van der Waals surface area contributed by atoms with Gasteiger partial charge in [0.05, 0.1) is 24.9 Å². The van der Waals surface area contributed by atoms with Gasteiger partial charge in [-0.3, -0.25) is 9.36 Å². The van der Waals surface area contributed by atoms with Crippen LogP contribution in [0.2, 0.25) is 0 Å². The van der Waals surface area contributed by atoms with Crippen molar-refractivity contribution in [1.29, 1.82) is 0 Å². The molecule has 188 valence electrons. The van der Waals surface area contributed by atoms with Crippen molar-refractivity contribution in [2.24, 2.45) is 5.92 Å². The minimum Gasteiger partial charge on any atom is -0.386 e. The third-order valence-electron chi connectivity index (χ3n) is 7.04. The summed E-state index contributed by atoms with van der Waals surface area (Å²) in [5.41, 5.74) is -1.34. The van der Waals surface area contributed by atoms with Gasteiger partial charge in [0.15, 0.2) is 17.4 Å². The normalized spacial score (nSPS) is 39.6. The number of nitrogens with one attached hydrogen (secondary N) is 1. The lowest BCUT2D eigenvalue weighted by atomic mass is 9.77. The summed E-state index contributed by atoms with van der Waals surface area (Å²) in [6.45, 7) is 10.4. The van der Waals surface area contributed by atoms with Gasteiger partial charge in [-0.05, 0) is 57.3 Å². The fraction of sp³-hybridized carbons (Fsp3) is 0.667. The van der Waals surface area contributed by atoms with Crippen LogP contribution in [-0.4, -0.2) is 53.8 Å². The van der Waals surface area contributed by atoms with Crippen molar-refractivity contribution in [3.05, 3.63) is 35.2 Å². The van der Waals surface area contributed by atoms with Crippen molar-refractivity contribution in [3.8, 4) is 0 Å². The van der Waals surface area contributed by atoms with Gasteiger partial charge in [-0.25, -0.2) is 9.97 Å². The minimum absolute atomic E-state index is 0. The van der Waals surface area contributed by atoms with Gasteiger partial charge in [0.2, 0.25) is 5.69 Å². The molecule has 0 bridgehead atoms. The van der Waals surface area contributed by atoms with E-state index in [1.807, 2.05) is 6.92 Å². The fourth-order valence-electron chi connectivity index (χ4n) is 5.04. The molecule has 5 rings (SSSR count). The molecule has 2 aliphatic heterocycles. The van der Waals surface area contributed by atoms with Gasteiger partial charge in [0, 0.05) is 4.75 Å². The molecule has 0 amide bonds. The predicted octanol–water partition coefficient (Wildman–Crippen LogP) is 3.78. The molecule has 34 heavy (non-hydrogen) atoms. The summed E-state index contributed by atoms with van der Waals surface area (Å²) in [6, 6.07) is 0. The van der Waals surface area contributed by atoms with Crippen molar-refractivity contribution in [1.82, 2.24) is 19.5 Å². The zero-order valence-corrected chi connectivity index (χ0v) is 22.9. The average Bonchev–Trinajstić information content (AvgIpc) is 3.39. The first-order chi connectivity index (χ1) is 15.6. The van der Waals surface area contributed by atoms with E-state index in [1.165, 1.54) is 18.2 Å². The monoisotopic (exact) mass is 546 g/mol. The number of aliphatic hydroxyl groups is 1. The lowest BCUT2D eigenvalue weighted by molar-refractivity contribution is -0.0355. The van der Waals surface area contributed by atoms with Crippen LogP contribution in [0.1, 0.15) is 52.7 Å². The highest BCUT2D eigenvalue weighted by Gasteiger charge is 2.56. The minimum atomic E-state index is -2.71. The predicted molar refractivity (Wildman–Crippen MR) is 141 cm³/mol. The lowest BCUT2D eigenvalue weighted by Gasteiger charge is -2.37. The van der Waals surface area contributed by atoms with E-state index in [2.05, 4.69) is 35.4 Å². The molecule has 4 heterocycles. The average molecular weight is 547 g/mol. The first-order valence-corrected chi connectivity index (χ1v) is 15.3. The Kier molecular flexibility index (Phi) is 7.46. The van der Waals surface area contributed by atoms with E-state index in [-0.39, 0.29) is 41.5 Å². The quantitative estimate of drug-likeness (QED) is 0.428. The smallest absolute Gasteiger partial charge is 0.278 e. The second-order valence-electron chi connectivity index (χ2n) is 9.35. The third kappa shape index (κ3) is 4.45. The molecule has 2 N–H and O–H groups in total. The zero-order chi connectivity index (χ0) is 23.5. The molecule has 0 radical (unpaired) electrons. The van der Waals surface area contributed by atoms with Gasteiger partial charge in [-0.15, -0.1) is 0 Å². The molecular formula is C21H31N4O5PS3. The molecule has 0 spiro atoms. The third-order valence-corrected chi connectivity index (χ3v) is 12.8. The summed E-state index contributed by atoms with van der Waals surface area (Å²) in [4.78, 5) is 22.9. The van der Waals surface area contributed by atoms with Crippen molar-refractivity contribution < 1.29 is 18.9 Å². The van der Waals surface area contributed by atoms with Crippen molar-refractivity contribution in [2.45, 2.75) is 81.8 Å². The Labute approximate surface area is 214 Å². The van der Waals surface area contributed by atoms with Crippen LogP contribution in [0, 0.1) is 5.92 Å². The lowest BCUT2D eigenvalue weighted by Crippen LogP contribution is -2.39. The molecular weight excluding hydrogens is 515 g/mol. The summed E-state index contributed by atoms with van der Waals surface area (Å²) in [7, 11) is 0. The highest BCUT2D eigenvalue weighted by atomic mass is 32.9. The second-order valence-corrected chi connectivity index (χ2v) is 15.9. The number of allylic oxidation sites excluding steroid dienone is 1. The van der Waals surface area contributed by atoms with Gasteiger partial charge >= 0.3 is 0 Å². The molecule has 9 nitrogen and oxygen atoms in total. The standard InChI is InChI=1S/C21H29N4O5PS2.H2S/c1-5-13-17(16(26)20(28-13)25-10-24-15-18(25)22-9-23-19(15)27)30-31(32)29-14-8-12(11(2)3)6-7-21(14,4)33-31;/h9-10,12-14,16-17,20,26H,2,5-8H2,1,3-4H3,(H,22,23,27);1H2/t12-,13-,14+,16-,17-,20-,21+,31-;/m1./s1. The first-order valence-electron chi connectivity index (χ1n) is 11.2. The molecule has 3 aliphatic rings. The molecule has 0 unspecified atom stereocenters. The summed E-state index contributed by atoms with van der Waals surface area (Å²) < 4.78 is 20.5. The van der Waals surface area contributed by atoms with Gasteiger partial charge in [0.1, 0.15) is 12.2 Å². The van der Waals surface area contributed by atoms with Crippen LogP contribution < -0.4 is 5.56 Å². The number of H-pyrrole nitrogens is 1. The van der Waals surface area contributed by atoms with E-state index >= 15 is 0 Å². The SMILES string of the molecule is C=C(C)[C@@H]1CC[C@]2(C)S[P@@](=S)(O[C@H]3[C@@H](O)[C@H](n4cnc5c(=O)[nH]cnc54)O[C@@H]3CC)O[C@H]2C1.S. The van der Waals surface area contributed by atoms with E-state index in [1.54, 1.807) is 15.9 Å². The Bertz CT molecular complexity index is 1190. The number of nitrogens with zero attached hydrogens (tertiary/aromatic N) is 3. The number of imidazole rings is 1. The van der Waals surface area contributed by atoms with Gasteiger partial charge < -0.3 is 23.9 Å². The Morgan fingerprint density at radius 3 is 3.00 bits per heavy atom. The van der Waals surface area contributed by atoms with E-state index in [9.17, 15) is 9.90 Å². The zero-order valence-electron chi connectivity index (χ0n) is 19.3. The number of rotatable bonds is 5. The second kappa shape index (κ2) is 9.63. The Morgan fingerprint density at radius 1 is 1.53 bits per heavy atom. The van der Waals surface area contributed by atoms with E-state index in [0.29, 0.717) is 18.0 Å². The Morgan fingerprint density at radius 2 is 2.29 bits per heavy atom. The summed E-state index contributed by atoms with van der Waals surface area (Å²) in [5.74, 6) is 0.434. The number of ether oxygens (including phenoxy) is 1. The van der Waals surface area contributed by atoms with Crippen molar-refractivity contribution in [3.63, 3.8) is 0 Å². The Balaban J connectivity index is 0.00000274. The molecule has 1 saturated carbocycles. The van der Waals surface area contributed by atoms with E-state index in [0.717, 1.165) is 19.3 Å². The number of aromatic nitrogens is 4. The highest BCUT2D eigenvalue weighted by Crippen LogP contribution is 2.76. The maximum absolute atomic E-state index is 12.0. The molecule has 2 aromatic rings. The van der Waals surface area contributed by atoms with Crippen LogP contribution in [0.3, 0.4) is 0 Å². The van der Waals surface area contributed by atoms with Crippen LogP contribution in [0.15, 0.2) is 29.6 Å². The molecule has 2 aromatic heterocycles. The molecule has 2 saturated heterocycles. The van der Waals surface area contributed by atoms with E-state index in [4.69, 9.17) is 25.6 Å². The van der Waals surface area contributed by atoms with Crippen LogP contribution in [-0.2, 0) is 25.6 Å². The van der Waals surface area contributed by atoms with Gasteiger partial charge in [-0.1, -0.05) is 30.5 Å². The fourth-order valence-corrected chi connectivity index (χ4v) is 12.6. The first kappa shape index (κ1) is 26.3. The van der Waals surface area contributed by atoms with Crippen LogP contribution >= 0.6 is 30.6 Å².